The first-order chi connectivity index (χ1) is 11.7. The minimum absolute atomic E-state index is 0.00507. The molecule has 2 fully saturated rings. The van der Waals surface area contributed by atoms with Crippen molar-refractivity contribution >= 4 is 0 Å². The zero-order chi connectivity index (χ0) is 17.9. The van der Waals surface area contributed by atoms with Gasteiger partial charge in [-0.05, 0) is 35.7 Å². The van der Waals surface area contributed by atoms with Crippen LogP contribution in [0.4, 0.5) is 8.78 Å². The number of benzene rings is 1. The summed E-state index contributed by atoms with van der Waals surface area (Å²) in [6.45, 7) is 7.03. The molecule has 1 unspecified atom stereocenters. The molecule has 3 aliphatic rings. The van der Waals surface area contributed by atoms with E-state index in [4.69, 9.17) is 0 Å². The van der Waals surface area contributed by atoms with Crippen LogP contribution in [-0.4, -0.2) is 9.36 Å². The summed E-state index contributed by atoms with van der Waals surface area (Å²) >= 11 is 0. The maximum Gasteiger partial charge on any atom is 0.270 e. The molecule has 0 bridgehead atoms. The number of halogens is 2. The van der Waals surface area contributed by atoms with Crippen LogP contribution in [0.15, 0.2) is 23.0 Å². The predicted molar refractivity (Wildman–Crippen MR) is 90.7 cm³/mol. The second-order valence-corrected chi connectivity index (χ2v) is 8.70. The standard InChI is InChI=1S/C20H22F2N2O/c1-18(2)19(3)16-15(13-7-8-20(13,18)19)17(25)24(23(16)4)10-11-5-6-12(21)9-14(11)22/h5-6,9,13H,7-8,10H2,1-4H3/t13-,19+,20?/m1/s1. The van der Waals surface area contributed by atoms with Gasteiger partial charge in [0.25, 0.3) is 5.56 Å². The molecule has 5 rings (SSSR count). The first kappa shape index (κ1) is 15.4. The summed E-state index contributed by atoms with van der Waals surface area (Å²) < 4.78 is 30.8. The number of hydrogen-bond donors (Lipinski definition) is 0. The average molecular weight is 344 g/mol. The average Bonchev–Trinajstić information content (AvgIpc) is 2.68. The molecule has 3 nitrogen and oxygen atoms in total. The third-order valence-electron chi connectivity index (χ3n) is 8.18. The van der Waals surface area contributed by atoms with Gasteiger partial charge >= 0.3 is 0 Å². The van der Waals surface area contributed by atoms with Crippen LogP contribution in [0.1, 0.15) is 56.4 Å². The molecule has 2 aromatic rings. The third kappa shape index (κ3) is 1.32. The Morgan fingerprint density at radius 3 is 2.56 bits per heavy atom. The first-order valence-corrected chi connectivity index (χ1v) is 8.92. The van der Waals surface area contributed by atoms with Gasteiger partial charge in [0.1, 0.15) is 11.6 Å². The zero-order valence-electron chi connectivity index (χ0n) is 15.0. The number of rotatable bonds is 2. The van der Waals surface area contributed by atoms with Gasteiger partial charge < -0.3 is 0 Å². The molecule has 25 heavy (non-hydrogen) atoms. The van der Waals surface area contributed by atoms with Crippen LogP contribution in [-0.2, 0) is 19.0 Å². The highest BCUT2D eigenvalue weighted by atomic mass is 19.1. The van der Waals surface area contributed by atoms with Crippen molar-refractivity contribution in [1.29, 1.82) is 0 Å². The van der Waals surface area contributed by atoms with E-state index in [-0.39, 0.29) is 28.3 Å². The van der Waals surface area contributed by atoms with E-state index in [1.165, 1.54) is 18.6 Å². The molecule has 132 valence electrons. The molecule has 1 heterocycles. The topological polar surface area (TPSA) is 26.9 Å². The molecular weight excluding hydrogens is 322 g/mol. The van der Waals surface area contributed by atoms with Crippen molar-refractivity contribution in [3.8, 4) is 0 Å². The molecule has 0 saturated heterocycles. The minimum atomic E-state index is -0.607. The van der Waals surface area contributed by atoms with Crippen molar-refractivity contribution in [2.24, 2.45) is 17.9 Å². The van der Waals surface area contributed by atoms with E-state index >= 15 is 0 Å². The van der Waals surface area contributed by atoms with Crippen LogP contribution < -0.4 is 5.56 Å². The van der Waals surface area contributed by atoms with E-state index in [2.05, 4.69) is 20.8 Å². The molecule has 1 spiro atoms. The van der Waals surface area contributed by atoms with Gasteiger partial charge in [-0.3, -0.25) is 9.48 Å². The normalized spacial score (nSPS) is 33.4. The zero-order valence-corrected chi connectivity index (χ0v) is 15.0. The van der Waals surface area contributed by atoms with E-state index in [1.807, 2.05) is 11.7 Å². The third-order valence-corrected chi connectivity index (χ3v) is 8.18. The van der Waals surface area contributed by atoms with Gasteiger partial charge in [-0.2, -0.15) is 0 Å². The SMILES string of the molecule is Cn1c2c(c(=O)n1Cc1ccc(F)cc1F)[C@H]1CCC13C(C)(C)[C@]23C. The lowest BCUT2D eigenvalue weighted by molar-refractivity contribution is 0.170. The Labute approximate surface area is 145 Å². The summed E-state index contributed by atoms with van der Waals surface area (Å²) in [6.07, 6.45) is 2.25. The van der Waals surface area contributed by atoms with Crippen molar-refractivity contribution in [2.75, 3.05) is 0 Å². The van der Waals surface area contributed by atoms with Gasteiger partial charge in [0.15, 0.2) is 0 Å². The summed E-state index contributed by atoms with van der Waals surface area (Å²) in [5.74, 6) is -0.876. The lowest BCUT2D eigenvalue weighted by Gasteiger charge is -2.38. The predicted octanol–water partition coefficient (Wildman–Crippen LogP) is 3.69. The van der Waals surface area contributed by atoms with Crippen LogP contribution in [0.3, 0.4) is 0 Å². The Hall–Kier alpha value is -1.91. The van der Waals surface area contributed by atoms with Gasteiger partial charge in [-0.1, -0.05) is 26.8 Å². The highest BCUT2D eigenvalue weighted by molar-refractivity contribution is 5.58. The van der Waals surface area contributed by atoms with E-state index in [1.54, 1.807) is 4.68 Å². The van der Waals surface area contributed by atoms with Crippen LogP contribution in [0.25, 0.3) is 0 Å². The molecule has 0 N–H and O–H groups in total. The molecule has 0 aliphatic heterocycles. The minimum Gasteiger partial charge on any atom is -0.289 e. The largest absolute Gasteiger partial charge is 0.289 e. The molecule has 3 aliphatic carbocycles. The van der Waals surface area contributed by atoms with Gasteiger partial charge in [0, 0.05) is 29.7 Å². The molecule has 0 amide bonds. The summed E-state index contributed by atoms with van der Waals surface area (Å²) in [6, 6.07) is 3.53. The van der Waals surface area contributed by atoms with Crippen molar-refractivity contribution in [2.45, 2.75) is 51.5 Å². The van der Waals surface area contributed by atoms with Crippen LogP contribution in [0, 0.1) is 22.5 Å². The van der Waals surface area contributed by atoms with E-state index in [9.17, 15) is 13.6 Å². The molecular formula is C20H22F2N2O. The Morgan fingerprint density at radius 1 is 1.24 bits per heavy atom. The van der Waals surface area contributed by atoms with Gasteiger partial charge in [-0.25, -0.2) is 13.5 Å². The van der Waals surface area contributed by atoms with E-state index in [0.29, 0.717) is 11.5 Å². The fourth-order valence-electron chi connectivity index (χ4n) is 6.63. The number of hydrogen-bond acceptors (Lipinski definition) is 1. The molecule has 1 aromatic carbocycles. The monoisotopic (exact) mass is 344 g/mol. The Bertz CT molecular complexity index is 1000. The smallest absolute Gasteiger partial charge is 0.270 e. The summed E-state index contributed by atoms with van der Waals surface area (Å²) in [5.41, 5.74) is 2.84. The molecule has 3 atom stereocenters. The molecule has 0 radical (unpaired) electrons. The second kappa shape index (κ2) is 4.08. The summed E-state index contributed by atoms with van der Waals surface area (Å²) in [7, 11) is 1.90. The quantitative estimate of drug-likeness (QED) is 0.816. The van der Waals surface area contributed by atoms with Gasteiger partial charge in [0.2, 0.25) is 0 Å². The lowest BCUT2D eigenvalue weighted by Crippen LogP contribution is -2.34. The number of nitrogens with zero attached hydrogens (tertiary/aromatic N) is 2. The van der Waals surface area contributed by atoms with Crippen molar-refractivity contribution in [1.82, 2.24) is 9.36 Å². The maximum atomic E-state index is 14.1. The Kier molecular flexibility index (Phi) is 2.50. The maximum absolute atomic E-state index is 14.1. The van der Waals surface area contributed by atoms with Crippen molar-refractivity contribution in [3.63, 3.8) is 0 Å². The molecule has 1 aromatic heterocycles. The number of aromatic nitrogens is 2. The van der Waals surface area contributed by atoms with Gasteiger partial charge in [-0.15, -0.1) is 0 Å². The second-order valence-electron chi connectivity index (χ2n) is 8.70. The summed E-state index contributed by atoms with van der Waals surface area (Å²) in [4.78, 5) is 13.1. The number of fused-ring (bicyclic) bond motifs is 3. The van der Waals surface area contributed by atoms with E-state index in [0.717, 1.165) is 23.7 Å². The van der Waals surface area contributed by atoms with E-state index < -0.39 is 11.6 Å². The lowest BCUT2D eigenvalue weighted by atomic mass is 9.65. The van der Waals surface area contributed by atoms with Crippen LogP contribution in [0.5, 0.6) is 0 Å². The van der Waals surface area contributed by atoms with Crippen LogP contribution in [0.2, 0.25) is 0 Å². The Balaban J connectivity index is 1.66. The highest BCUT2D eigenvalue weighted by Gasteiger charge is 2.89. The van der Waals surface area contributed by atoms with Crippen molar-refractivity contribution in [3.05, 3.63) is 57.0 Å². The van der Waals surface area contributed by atoms with Crippen molar-refractivity contribution < 1.29 is 8.78 Å². The fraction of sp³-hybridized carbons (Fsp3) is 0.550. The molecule has 2 saturated carbocycles. The Morgan fingerprint density at radius 2 is 1.96 bits per heavy atom. The first-order valence-electron chi connectivity index (χ1n) is 8.92. The van der Waals surface area contributed by atoms with Gasteiger partial charge in [0.05, 0.1) is 12.2 Å². The summed E-state index contributed by atoms with van der Waals surface area (Å²) in [5, 5.41) is 0. The highest BCUT2D eigenvalue weighted by Crippen LogP contribution is 2.92. The van der Waals surface area contributed by atoms with Crippen LogP contribution >= 0.6 is 0 Å². The molecule has 5 heteroatoms. The fourth-order valence-corrected chi connectivity index (χ4v) is 6.63.